The average Bonchev–Trinajstić information content (AvgIpc) is 3.17. The molecular weight excluding hydrogens is 292 g/mol. The number of aryl methyl sites for hydroxylation is 1. The molecule has 3 heterocycles. The Balaban J connectivity index is 1.59. The van der Waals surface area contributed by atoms with E-state index in [-0.39, 0.29) is 0 Å². The number of thiophene rings is 1. The maximum atomic E-state index is 5.54. The Labute approximate surface area is 137 Å². The van der Waals surface area contributed by atoms with Crippen LogP contribution in [0.2, 0.25) is 0 Å². The summed E-state index contributed by atoms with van der Waals surface area (Å²) in [5, 5.41) is 6.37. The van der Waals surface area contributed by atoms with Crippen LogP contribution < -0.4 is 0 Å². The van der Waals surface area contributed by atoms with E-state index in [4.69, 9.17) is 4.52 Å². The van der Waals surface area contributed by atoms with Gasteiger partial charge >= 0.3 is 0 Å². The van der Waals surface area contributed by atoms with Gasteiger partial charge in [-0.15, -0.1) is 11.3 Å². The second-order valence-electron chi connectivity index (χ2n) is 6.61. The lowest BCUT2D eigenvalue weighted by Gasteiger charge is -2.35. The lowest BCUT2D eigenvalue weighted by molar-refractivity contribution is 0.119. The van der Waals surface area contributed by atoms with Gasteiger partial charge in [-0.3, -0.25) is 4.90 Å². The molecule has 1 atom stereocenters. The smallest absolute Gasteiger partial charge is 0.150 e. The fourth-order valence-electron chi connectivity index (χ4n) is 3.23. The third kappa shape index (κ3) is 3.99. The Morgan fingerprint density at radius 3 is 3.05 bits per heavy atom. The number of piperidine rings is 1. The van der Waals surface area contributed by atoms with E-state index in [9.17, 15) is 0 Å². The highest BCUT2D eigenvalue weighted by atomic mass is 32.1. The molecule has 120 valence electrons. The minimum absolute atomic E-state index is 0.438. The van der Waals surface area contributed by atoms with Crippen molar-refractivity contribution in [2.75, 3.05) is 6.54 Å². The molecule has 1 fully saturated rings. The molecule has 1 saturated heterocycles. The van der Waals surface area contributed by atoms with Crippen molar-refractivity contribution in [3.05, 3.63) is 39.9 Å². The van der Waals surface area contributed by atoms with Crippen LogP contribution in [0.1, 0.15) is 61.8 Å². The molecule has 3 nitrogen and oxygen atoms in total. The normalized spacial score (nSPS) is 19.9. The first-order chi connectivity index (χ1) is 10.7. The van der Waals surface area contributed by atoms with Gasteiger partial charge in [0, 0.05) is 17.0 Å². The minimum Gasteiger partial charge on any atom is -0.360 e. The number of likely N-dealkylation sites (tertiary alicyclic amines) is 1. The fraction of sp³-hybridized carbons (Fsp3) is 0.611. The molecule has 1 aliphatic rings. The summed E-state index contributed by atoms with van der Waals surface area (Å²) in [5.41, 5.74) is 1.07. The standard InChI is InChI=1S/C18H26N2OS/c1-14(2)18-12-16(21-19-18)13-20-10-4-3-6-15(20)8-9-17-7-5-11-22-17/h5,7,11-12,14-15H,3-4,6,8-10,13H2,1-2H3. The Kier molecular flexibility index (Phi) is 5.32. The first-order valence-electron chi connectivity index (χ1n) is 8.44. The molecule has 0 aliphatic carbocycles. The summed E-state index contributed by atoms with van der Waals surface area (Å²) in [6.45, 7) is 6.42. The van der Waals surface area contributed by atoms with Crippen molar-refractivity contribution in [3.8, 4) is 0 Å². The zero-order valence-corrected chi connectivity index (χ0v) is 14.4. The second-order valence-corrected chi connectivity index (χ2v) is 7.64. The highest BCUT2D eigenvalue weighted by Gasteiger charge is 2.23. The zero-order valence-electron chi connectivity index (χ0n) is 13.6. The van der Waals surface area contributed by atoms with E-state index >= 15 is 0 Å². The summed E-state index contributed by atoms with van der Waals surface area (Å²) < 4.78 is 5.54. The lowest BCUT2D eigenvalue weighted by atomic mass is 9.97. The van der Waals surface area contributed by atoms with Crippen LogP contribution in [0, 0.1) is 0 Å². The van der Waals surface area contributed by atoms with Crippen LogP contribution in [0.4, 0.5) is 0 Å². The molecule has 0 spiro atoms. The van der Waals surface area contributed by atoms with Crippen LogP contribution in [0.3, 0.4) is 0 Å². The number of rotatable bonds is 6. The van der Waals surface area contributed by atoms with Crippen molar-refractivity contribution in [2.24, 2.45) is 0 Å². The van der Waals surface area contributed by atoms with Crippen molar-refractivity contribution in [2.45, 2.75) is 64.5 Å². The van der Waals surface area contributed by atoms with Crippen LogP contribution in [-0.2, 0) is 13.0 Å². The number of aromatic nitrogens is 1. The largest absolute Gasteiger partial charge is 0.360 e. The lowest BCUT2D eigenvalue weighted by Crippen LogP contribution is -2.39. The Morgan fingerprint density at radius 1 is 1.41 bits per heavy atom. The Morgan fingerprint density at radius 2 is 2.32 bits per heavy atom. The number of hydrogen-bond acceptors (Lipinski definition) is 4. The van der Waals surface area contributed by atoms with Gasteiger partial charge in [0.05, 0.1) is 12.2 Å². The van der Waals surface area contributed by atoms with Crippen molar-refractivity contribution in [1.82, 2.24) is 10.1 Å². The molecule has 0 N–H and O–H groups in total. The van der Waals surface area contributed by atoms with Gasteiger partial charge in [0.25, 0.3) is 0 Å². The number of hydrogen-bond donors (Lipinski definition) is 0. The first kappa shape index (κ1) is 15.8. The fourth-order valence-corrected chi connectivity index (χ4v) is 3.96. The SMILES string of the molecule is CC(C)c1cc(CN2CCCCC2CCc2cccs2)on1. The van der Waals surface area contributed by atoms with Gasteiger partial charge in [0.15, 0.2) is 5.76 Å². The molecule has 0 bridgehead atoms. The third-order valence-corrected chi connectivity index (χ3v) is 5.52. The van der Waals surface area contributed by atoms with Gasteiger partial charge < -0.3 is 4.52 Å². The van der Waals surface area contributed by atoms with Gasteiger partial charge in [-0.05, 0) is 49.6 Å². The van der Waals surface area contributed by atoms with Crippen LogP contribution in [0.15, 0.2) is 28.1 Å². The van der Waals surface area contributed by atoms with Gasteiger partial charge in [-0.25, -0.2) is 0 Å². The number of nitrogens with zero attached hydrogens (tertiary/aromatic N) is 2. The quantitative estimate of drug-likeness (QED) is 0.762. The van der Waals surface area contributed by atoms with Crippen molar-refractivity contribution in [1.29, 1.82) is 0 Å². The summed E-state index contributed by atoms with van der Waals surface area (Å²) in [5.74, 6) is 1.46. The van der Waals surface area contributed by atoms with Crippen LogP contribution >= 0.6 is 11.3 Å². The maximum absolute atomic E-state index is 5.54. The van der Waals surface area contributed by atoms with Crippen molar-refractivity contribution >= 4 is 11.3 Å². The van der Waals surface area contributed by atoms with Gasteiger partial charge in [0.2, 0.25) is 0 Å². The van der Waals surface area contributed by atoms with E-state index in [0.29, 0.717) is 12.0 Å². The van der Waals surface area contributed by atoms with Crippen molar-refractivity contribution < 1.29 is 4.52 Å². The summed E-state index contributed by atoms with van der Waals surface area (Å²) in [6, 6.07) is 7.22. The van der Waals surface area contributed by atoms with Crippen LogP contribution in [0.5, 0.6) is 0 Å². The summed E-state index contributed by atoms with van der Waals surface area (Å²) >= 11 is 1.88. The monoisotopic (exact) mass is 318 g/mol. The summed E-state index contributed by atoms with van der Waals surface area (Å²) in [6.07, 6.45) is 6.44. The van der Waals surface area contributed by atoms with Gasteiger partial charge in [0.1, 0.15) is 0 Å². The highest BCUT2D eigenvalue weighted by Crippen LogP contribution is 2.25. The molecule has 3 rings (SSSR count). The molecule has 1 aliphatic heterocycles. The first-order valence-corrected chi connectivity index (χ1v) is 9.32. The topological polar surface area (TPSA) is 29.3 Å². The molecule has 0 aromatic carbocycles. The van der Waals surface area contributed by atoms with E-state index < -0.39 is 0 Å². The van der Waals surface area contributed by atoms with Crippen molar-refractivity contribution in [3.63, 3.8) is 0 Å². The molecule has 0 radical (unpaired) electrons. The molecule has 0 amide bonds. The maximum Gasteiger partial charge on any atom is 0.150 e. The predicted molar refractivity (Wildman–Crippen MR) is 91.3 cm³/mol. The molecule has 2 aromatic rings. The predicted octanol–water partition coefficient (Wildman–Crippen LogP) is 4.85. The Bertz CT molecular complexity index is 561. The van der Waals surface area contributed by atoms with E-state index in [1.54, 1.807) is 0 Å². The molecule has 0 saturated carbocycles. The van der Waals surface area contributed by atoms with Crippen LogP contribution in [0.25, 0.3) is 0 Å². The average molecular weight is 318 g/mol. The second kappa shape index (κ2) is 7.42. The van der Waals surface area contributed by atoms with E-state index in [0.717, 1.165) is 18.0 Å². The molecular formula is C18H26N2OS. The molecule has 2 aromatic heterocycles. The summed E-state index contributed by atoms with van der Waals surface area (Å²) in [4.78, 5) is 4.11. The minimum atomic E-state index is 0.438. The highest BCUT2D eigenvalue weighted by molar-refractivity contribution is 7.09. The Hall–Kier alpha value is -1.13. The molecule has 22 heavy (non-hydrogen) atoms. The zero-order chi connectivity index (χ0) is 15.4. The van der Waals surface area contributed by atoms with E-state index in [1.807, 2.05) is 11.3 Å². The van der Waals surface area contributed by atoms with Crippen LogP contribution in [-0.4, -0.2) is 22.6 Å². The van der Waals surface area contributed by atoms with E-state index in [2.05, 4.69) is 47.5 Å². The molecule has 1 unspecified atom stereocenters. The molecule has 4 heteroatoms. The van der Waals surface area contributed by atoms with Gasteiger partial charge in [-0.2, -0.15) is 0 Å². The third-order valence-electron chi connectivity index (χ3n) is 4.58. The summed E-state index contributed by atoms with van der Waals surface area (Å²) in [7, 11) is 0. The van der Waals surface area contributed by atoms with Gasteiger partial charge in [-0.1, -0.05) is 31.5 Å². The van der Waals surface area contributed by atoms with E-state index in [1.165, 1.54) is 43.5 Å².